The number of ether oxygens (including phenoxy) is 1. The summed E-state index contributed by atoms with van der Waals surface area (Å²) in [7, 11) is 1.03. The number of carbonyl (C=O) groups excluding carboxylic acids is 1. The lowest BCUT2D eigenvalue weighted by molar-refractivity contribution is 0.0585. The van der Waals surface area contributed by atoms with Crippen molar-refractivity contribution in [3.05, 3.63) is 21.9 Å². The Balaban J connectivity index is 3.41. The highest BCUT2D eigenvalue weighted by Crippen LogP contribution is 2.33. The molecule has 0 aliphatic rings. The largest absolute Gasteiger partial charge is 0.504 e. The normalized spacial score (nSPS) is 10.5. The van der Waals surface area contributed by atoms with Gasteiger partial charge in [-0.1, -0.05) is 0 Å². The molecule has 0 aromatic carbocycles. The molecule has 0 fully saturated rings. The number of methoxy groups -OCH3 is 1. The number of carbonyl (C=O) groups is 1. The Morgan fingerprint density at radius 1 is 1.67 bits per heavy atom. The zero-order chi connectivity index (χ0) is 11.6. The van der Waals surface area contributed by atoms with E-state index in [9.17, 15) is 18.7 Å². The topological polar surface area (TPSA) is 59.4 Å². The van der Waals surface area contributed by atoms with Gasteiger partial charge in [-0.2, -0.15) is 0 Å². The van der Waals surface area contributed by atoms with Crippen molar-refractivity contribution in [1.82, 2.24) is 4.98 Å². The van der Waals surface area contributed by atoms with Gasteiger partial charge >= 0.3 is 5.97 Å². The number of alkyl halides is 2. The summed E-state index contributed by atoms with van der Waals surface area (Å²) in [6.07, 6.45) is -2.11. The van der Waals surface area contributed by atoms with Crippen LogP contribution in [0.1, 0.15) is 22.3 Å². The molecule has 82 valence electrons. The van der Waals surface area contributed by atoms with Crippen LogP contribution in [0.25, 0.3) is 0 Å². The number of nitrogens with zero attached hydrogens (tertiary/aromatic N) is 1. The molecule has 0 aliphatic carbocycles. The van der Waals surface area contributed by atoms with Crippen LogP contribution in [0.5, 0.6) is 5.75 Å². The van der Waals surface area contributed by atoms with Crippen molar-refractivity contribution in [1.29, 1.82) is 0 Å². The molecule has 4 nitrogen and oxygen atoms in total. The molecule has 1 aromatic heterocycles. The van der Waals surface area contributed by atoms with Gasteiger partial charge in [-0.25, -0.2) is 18.6 Å². The lowest BCUT2D eigenvalue weighted by Gasteiger charge is -2.09. The lowest BCUT2D eigenvalue weighted by Crippen LogP contribution is -2.07. The molecule has 1 aromatic rings. The Labute approximate surface area is 92.0 Å². The van der Waals surface area contributed by atoms with E-state index in [0.717, 1.165) is 13.3 Å². The summed E-state index contributed by atoms with van der Waals surface area (Å²) in [6, 6.07) is 0. The van der Waals surface area contributed by atoms with Crippen LogP contribution in [0.4, 0.5) is 8.78 Å². The first-order chi connectivity index (χ1) is 6.99. The van der Waals surface area contributed by atoms with Gasteiger partial charge in [-0.3, -0.25) is 0 Å². The van der Waals surface area contributed by atoms with E-state index in [1.807, 2.05) is 0 Å². The molecule has 7 heteroatoms. The van der Waals surface area contributed by atoms with E-state index >= 15 is 0 Å². The van der Waals surface area contributed by atoms with Crippen molar-refractivity contribution in [2.75, 3.05) is 7.11 Å². The summed E-state index contributed by atoms with van der Waals surface area (Å²) in [4.78, 5) is 14.6. The fourth-order valence-corrected chi connectivity index (χ4v) is 1.27. The zero-order valence-electron chi connectivity index (χ0n) is 7.50. The highest BCUT2D eigenvalue weighted by molar-refractivity contribution is 9.10. The number of hydrogen-bond donors (Lipinski definition) is 1. The monoisotopic (exact) mass is 281 g/mol. The van der Waals surface area contributed by atoms with Gasteiger partial charge in [0.1, 0.15) is 10.2 Å². The first-order valence-electron chi connectivity index (χ1n) is 3.72. The average Bonchev–Trinajstić information content (AvgIpc) is 2.20. The molecule has 1 N–H and O–H groups in total. The Kier molecular flexibility index (Phi) is 3.57. The predicted octanol–water partition coefficient (Wildman–Crippen LogP) is 2.27. The van der Waals surface area contributed by atoms with Crippen molar-refractivity contribution in [3.63, 3.8) is 0 Å². The molecule has 0 amide bonds. The highest BCUT2D eigenvalue weighted by Gasteiger charge is 2.25. The smallest absolute Gasteiger partial charge is 0.342 e. The van der Waals surface area contributed by atoms with Crippen LogP contribution in [-0.4, -0.2) is 23.2 Å². The summed E-state index contributed by atoms with van der Waals surface area (Å²) in [5.41, 5.74) is -1.24. The first kappa shape index (κ1) is 11.8. The third-order valence-corrected chi connectivity index (χ3v) is 2.24. The van der Waals surface area contributed by atoms with E-state index in [4.69, 9.17) is 0 Å². The SMILES string of the molecule is COC(=O)c1c(C(F)F)cnc(Br)c1O. The summed E-state index contributed by atoms with van der Waals surface area (Å²) in [6.45, 7) is 0. The van der Waals surface area contributed by atoms with Crippen molar-refractivity contribution in [3.8, 4) is 5.75 Å². The van der Waals surface area contributed by atoms with Gasteiger partial charge in [0.2, 0.25) is 0 Å². The van der Waals surface area contributed by atoms with Gasteiger partial charge in [0.25, 0.3) is 6.43 Å². The molecule has 0 atom stereocenters. The van der Waals surface area contributed by atoms with Crippen molar-refractivity contribution < 1.29 is 23.4 Å². The number of pyridine rings is 1. The van der Waals surface area contributed by atoms with Crippen LogP contribution in [0.15, 0.2) is 10.8 Å². The average molecular weight is 282 g/mol. The second-order valence-electron chi connectivity index (χ2n) is 2.52. The Bertz CT molecular complexity index is 398. The predicted molar refractivity (Wildman–Crippen MR) is 49.9 cm³/mol. The molecule has 0 aliphatic heterocycles. The van der Waals surface area contributed by atoms with Crippen LogP contribution in [-0.2, 0) is 4.74 Å². The molecule has 0 saturated heterocycles. The minimum absolute atomic E-state index is 0.0905. The van der Waals surface area contributed by atoms with Crippen LogP contribution in [0.2, 0.25) is 0 Å². The maximum absolute atomic E-state index is 12.5. The van der Waals surface area contributed by atoms with E-state index in [1.165, 1.54) is 0 Å². The Morgan fingerprint density at radius 2 is 2.27 bits per heavy atom. The van der Waals surface area contributed by atoms with Crippen molar-refractivity contribution in [2.45, 2.75) is 6.43 Å². The van der Waals surface area contributed by atoms with Crippen LogP contribution in [0, 0.1) is 0 Å². The van der Waals surface area contributed by atoms with Gasteiger partial charge in [-0.15, -0.1) is 0 Å². The van der Waals surface area contributed by atoms with Gasteiger partial charge in [0.05, 0.1) is 12.7 Å². The van der Waals surface area contributed by atoms with Crippen LogP contribution >= 0.6 is 15.9 Å². The maximum atomic E-state index is 12.5. The van der Waals surface area contributed by atoms with E-state index in [1.54, 1.807) is 0 Å². The van der Waals surface area contributed by atoms with E-state index in [-0.39, 0.29) is 4.60 Å². The molecule has 0 spiro atoms. The lowest BCUT2D eigenvalue weighted by atomic mass is 10.1. The van der Waals surface area contributed by atoms with E-state index in [0.29, 0.717) is 0 Å². The third kappa shape index (κ3) is 2.23. The van der Waals surface area contributed by atoms with Gasteiger partial charge in [0, 0.05) is 6.20 Å². The first-order valence-corrected chi connectivity index (χ1v) is 4.52. The van der Waals surface area contributed by atoms with Gasteiger partial charge in [0.15, 0.2) is 5.75 Å². The molecule has 0 bridgehead atoms. The summed E-state index contributed by atoms with van der Waals surface area (Å²) in [5.74, 6) is -1.69. The van der Waals surface area contributed by atoms with Crippen LogP contribution < -0.4 is 0 Å². The quantitative estimate of drug-likeness (QED) is 0.667. The molecular formula is C8H6BrF2NO3. The second kappa shape index (κ2) is 4.52. The molecule has 15 heavy (non-hydrogen) atoms. The molecule has 0 radical (unpaired) electrons. The molecule has 1 rings (SSSR count). The molecular weight excluding hydrogens is 276 g/mol. The number of rotatable bonds is 2. The Hall–Kier alpha value is -1.24. The van der Waals surface area contributed by atoms with E-state index < -0.39 is 29.3 Å². The minimum Gasteiger partial charge on any atom is -0.504 e. The molecule has 1 heterocycles. The number of halogens is 3. The minimum atomic E-state index is -2.91. The molecule has 0 saturated carbocycles. The fraction of sp³-hybridized carbons (Fsp3) is 0.250. The van der Waals surface area contributed by atoms with Crippen LogP contribution in [0.3, 0.4) is 0 Å². The zero-order valence-corrected chi connectivity index (χ0v) is 9.09. The number of esters is 1. The third-order valence-electron chi connectivity index (χ3n) is 1.66. The second-order valence-corrected chi connectivity index (χ2v) is 3.27. The standard InChI is InChI=1S/C8H6BrF2NO3/c1-15-8(14)4-3(7(10)11)2-12-6(9)5(4)13/h2,7,13H,1H3. The van der Waals surface area contributed by atoms with Crippen molar-refractivity contribution >= 4 is 21.9 Å². The molecule has 0 unspecified atom stereocenters. The fourth-order valence-electron chi connectivity index (χ4n) is 0.974. The summed E-state index contributed by atoms with van der Waals surface area (Å²) < 4.78 is 29.1. The number of aromatic nitrogens is 1. The van der Waals surface area contributed by atoms with Gasteiger partial charge < -0.3 is 9.84 Å². The summed E-state index contributed by atoms with van der Waals surface area (Å²) in [5, 5.41) is 9.39. The maximum Gasteiger partial charge on any atom is 0.342 e. The number of hydrogen-bond acceptors (Lipinski definition) is 4. The Morgan fingerprint density at radius 3 is 2.73 bits per heavy atom. The van der Waals surface area contributed by atoms with Gasteiger partial charge in [-0.05, 0) is 15.9 Å². The summed E-state index contributed by atoms with van der Waals surface area (Å²) >= 11 is 2.81. The number of aromatic hydroxyl groups is 1. The van der Waals surface area contributed by atoms with Crippen molar-refractivity contribution in [2.24, 2.45) is 0 Å². The van der Waals surface area contributed by atoms with E-state index in [2.05, 4.69) is 25.7 Å². The highest BCUT2D eigenvalue weighted by atomic mass is 79.9.